The van der Waals surface area contributed by atoms with Crippen LogP contribution in [-0.4, -0.2) is 21.6 Å². The molecule has 0 fully saturated rings. The number of aromatic nitrogens is 2. The van der Waals surface area contributed by atoms with Gasteiger partial charge in [0.25, 0.3) is 11.8 Å². The van der Waals surface area contributed by atoms with E-state index in [0.29, 0.717) is 21.4 Å². The van der Waals surface area contributed by atoms with E-state index in [1.165, 1.54) is 10.9 Å². The number of rotatable bonds is 4. The molecule has 1 heterocycles. The second kappa shape index (κ2) is 7.59. The standard InChI is InChI=1S/C18H14Cl2N4O2/c1-24-10-15(17(25)21-13-6-2-4-11(19)8-13)16(23-24)18(26)22-14-7-3-5-12(20)9-14/h2-10H,1H3,(H,21,25)(H,22,26). The van der Waals surface area contributed by atoms with Crippen molar-refractivity contribution in [3.8, 4) is 0 Å². The van der Waals surface area contributed by atoms with Gasteiger partial charge >= 0.3 is 0 Å². The zero-order valence-corrected chi connectivity index (χ0v) is 15.2. The Hall–Kier alpha value is -2.83. The quantitative estimate of drug-likeness (QED) is 0.701. The molecule has 26 heavy (non-hydrogen) atoms. The predicted molar refractivity (Wildman–Crippen MR) is 102 cm³/mol. The number of carbonyl (C=O) groups excluding carboxylic acids is 2. The molecule has 1 aromatic heterocycles. The van der Waals surface area contributed by atoms with Gasteiger partial charge in [-0.25, -0.2) is 0 Å². The summed E-state index contributed by atoms with van der Waals surface area (Å²) < 4.78 is 1.40. The minimum Gasteiger partial charge on any atom is -0.322 e. The van der Waals surface area contributed by atoms with Gasteiger partial charge in [0.2, 0.25) is 0 Å². The van der Waals surface area contributed by atoms with Crippen LogP contribution in [0.4, 0.5) is 11.4 Å². The number of hydrogen-bond donors (Lipinski definition) is 2. The Kier molecular flexibility index (Phi) is 5.25. The Morgan fingerprint density at radius 1 is 0.923 bits per heavy atom. The second-order valence-corrected chi connectivity index (χ2v) is 6.37. The number of carbonyl (C=O) groups is 2. The second-order valence-electron chi connectivity index (χ2n) is 5.49. The molecule has 3 rings (SSSR count). The molecule has 0 aliphatic carbocycles. The molecule has 0 unspecified atom stereocenters. The highest BCUT2D eigenvalue weighted by atomic mass is 35.5. The van der Waals surface area contributed by atoms with Crippen molar-refractivity contribution in [3.05, 3.63) is 76.0 Å². The first-order valence-electron chi connectivity index (χ1n) is 7.60. The molecule has 6 nitrogen and oxygen atoms in total. The van der Waals surface area contributed by atoms with Gasteiger partial charge in [-0.05, 0) is 36.4 Å². The van der Waals surface area contributed by atoms with E-state index in [-0.39, 0.29) is 11.3 Å². The SMILES string of the molecule is Cn1cc(C(=O)Nc2cccc(Cl)c2)c(C(=O)Nc2cccc(Cl)c2)n1. The molecule has 2 aromatic carbocycles. The minimum atomic E-state index is -0.510. The molecule has 2 N–H and O–H groups in total. The molecule has 3 aromatic rings. The molecule has 8 heteroatoms. The first-order valence-corrected chi connectivity index (χ1v) is 8.35. The maximum Gasteiger partial charge on any atom is 0.276 e. The molecule has 0 bridgehead atoms. The van der Waals surface area contributed by atoms with Crippen molar-refractivity contribution >= 4 is 46.4 Å². The summed E-state index contributed by atoms with van der Waals surface area (Å²) >= 11 is 11.8. The van der Waals surface area contributed by atoms with Crippen LogP contribution in [0.15, 0.2) is 54.7 Å². The Labute approximate surface area is 159 Å². The van der Waals surface area contributed by atoms with Crippen LogP contribution in [0.1, 0.15) is 20.8 Å². The monoisotopic (exact) mass is 388 g/mol. The van der Waals surface area contributed by atoms with Crippen LogP contribution in [-0.2, 0) is 7.05 Å². The van der Waals surface area contributed by atoms with Gasteiger partial charge in [-0.1, -0.05) is 35.3 Å². The summed E-state index contributed by atoms with van der Waals surface area (Å²) in [4.78, 5) is 25.1. The van der Waals surface area contributed by atoms with Crippen molar-refractivity contribution in [1.29, 1.82) is 0 Å². The third kappa shape index (κ3) is 4.22. The van der Waals surface area contributed by atoms with Crippen molar-refractivity contribution in [2.75, 3.05) is 10.6 Å². The van der Waals surface area contributed by atoms with E-state index in [1.54, 1.807) is 55.6 Å². The van der Waals surface area contributed by atoms with Crippen molar-refractivity contribution in [2.45, 2.75) is 0 Å². The fourth-order valence-electron chi connectivity index (χ4n) is 2.34. The van der Waals surface area contributed by atoms with Gasteiger partial charge < -0.3 is 10.6 Å². The number of hydrogen-bond acceptors (Lipinski definition) is 3. The van der Waals surface area contributed by atoms with Crippen LogP contribution < -0.4 is 10.6 Å². The average Bonchev–Trinajstić information content (AvgIpc) is 2.97. The number of nitrogens with one attached hydrogen (secondary N) is 2. The Bertz CT molecular complexity index is 908. The van der Waals surface area contributed by atoms with Gasteiger partial charge in [0.05, 0.1) is 5.56 Å². The minimum absolute atomic E-state index is 0.00648. The van der Waals surface area contributed by atoms with E-state index >= 15 is 0 Å². The lowest BCUT2D eigenvalue weighted by Crippen LogP contribution is -2.19. The number of aryl methyl sites for hydroxylation is 1. The van der Waals surface area contributed by atoms with Crippen LogP contribution in [0.25, 0.3) is 0 Å². The Balaban J connectivity index is 1.83. The van der Waals surface area contributed by atoms with E-state index in [9.17, 15) is 9.59 Å². The van der Waals surface area contributed by atoms with Crippen LogP contribution in [0.5, 0.6) is 0 Å². The largest absolute Gasteiger partial charge is 0.322 e. The highest BCUT2D eigenvalue weighted by Crippen LogP contribution is 2.19. The van der Waals surface area contributed by atoms with Crippen LogP contribution in [0.3, 0.4) is 0 Å². The maximum absolute atomic E-state index is 12.6. The van der Waals surface area contributed by atoms with E-state index < -0.39 is 11.8 Å². The van der Waals surface area contributed by atoms with Gasteiger partial charge in [0.1, 0.15) is 0 Å². The number of nitrogens with zero attached hydrogens (tertiary/aromatic N) is 2. The Morgan fingerprint density at radius 2 is 1.46 bits per heavy atom. The van der Waals surface area contributed by atoms with Gasteiger partial charge in [0.15, 0.2) is 5.69 Å². The summed E-state index contributed by atoms with van der Waals surface area (Å²) in [5, 5.41) is 10.5. The third-order valence-corrected chi connectivity index (χ3v) is 3.92. The lowest BCUT2D eigenvalue weighted by molar-refractivity contribution is 0.0988. The van der Waals surface area contributed by atoms with E-state index in [0.717, 1.165) is 0 Å². The van der Waals surface area contributed by atoms with E-state index in [4.69, 9.17) is 23.2 Å². The summed E-state index contributed by atoms with van der Waals surface area (Å²) in [6.45, 7) is 0. The smallest absolute Gasteiger partial charge is 0.276 e. The van der Waals surface area contributed by atoms with Crippen molar-refractivity contribution in [2.24, 2.45) is 7.05 Å². The molecule has 0 atom stereocenters. The number of benzene rings is 2. The fourth-order valence-corrected chi connectivity index (χ4v) is 2.72. The highest BCUT2D eigenvalue weighted by molar-refractivity contribution is 6.31. The van der Waals surface area contributed by atoms with Gasteiger partial charge in [-0.15, -0.1) is 0 Å². The summed E-state index contributed by atoms with van der Waals surface area (Å²) in [5.41, 5.74) is 1.18. The topological polar surface area (TPSA) is 76.0 Å². The molecular formula is C18H14Cl2N4O2. The van der Waals surface area contributed by atoms with Crippen LogP contribution in [0.2, 0.25) is 10.0 Å². The van der Waals surface area contributed by atoms with E-state index in [1.807, 2.05) is 0 Å². The molecule has 0 saturated carbocycles. The highest BCUT2D eigenvalue weighted by Gasteiger charge is 2.22. The van der Waals surface area contributed by atoms with E-state index in [2.05, 4.69) is 15.7 Å². The lowest BCUT2D eigenvalue weighted by atomic mass is 10.2. The molecule has 2 amide bonds. The van der Waals surface area contributed by atoms with Crippen LogP contribution >= 0.6 is 23.2 Å². The first-order chi connectivity index (χ1) is 12.4. The van der Waals surface area contributed by atoms with Crippen molar-refractivity contribution in [3.63, 3.8) is 0 Å². The summed E-state index contributed by atoms with van der Waals surface area (Å²) in [7, 11) is 1.63. The zero-order valence-electron chi connectivity index (χ0n) is 13.7. The van der Waals surface area contributed by atoms with Gasteiger partial charge in [0, 0.05) is 34.7 Å². The van der Waals surface area contributed by atoms with Crippen molar-refractivity contribution in [1.82, 2.24) is 9.78 Å². The third-order valence-electron chi connectivity index (χ3n) is 3.45. The number of amides is 2. The maximum atomic E-state index is 12.6. The number of halogens is 2. The summed E-state index contributed by atoms with van der Waals surface area (Å²) in [6.07, 6.45) is 1.48. The molecule has 0 aliphatic heterocycles. The average molecular weight is 389 g/mol. The Morgan fingerprint density at radius 3 is 2.00 bits per heavy atom. The van der Waals surface area contributed by atoms with Gasteiger partial charge in [-0.3, -0.25) is 14.3 Å². The summed E-state index contributed by atoms with van der Waals surface area (Å²) in [6, 6.07) is 13.4. The molecule has 0 radical (unpaired) electrons. The molecule has 0 saturated heterocycles. The van der Waals surface area contributed by atoms with Crippen LogP contribution in [0, 0.1) is 0 Å². The van der Waals surface area contributed by atoms with Crippen molar-refractivity contribution < 1.29 is 9.59 Å². The molecule has 0 spiro atoms. The summed E-state index contributed by atoms with van der Waals surface area (Å²) in [5.74, 6) is -0.972. The predicted octanol–water partition coefficient (Wildman–Crippen LogP) is 4.23. The molecule has 132 valence electrons. The first kappa shape index (κ1) is 18.0. The molecule has 0 aliphatic rings. The van der Waals surface area contributed by atoms with Gasteiger partial charge in [-0.2, -0.15) is 5.10 Å². The number of anilines is 2. The fraction of sp³-hybridized carbons (Fsp3) is 0.0556. The zero-order chi connectivity index (χ0) is 18.7. The normalized spacial score (nSPS) is 10.4. The molecular weight excluding hydrogens is 375 g/mol. The lowest BCUT2D eigenvalue weighted by Gasteiger charge is -2.07.